The molecule has 0 aromatic heterocycles. The molecule has 0 radical (unpaired) electrons. The van der Waals surface area contributed by atoms with Crippen molar-refractivity contribution in [2.75, 3.05) is 12.0 Å². The predicted molar refractivity (Wildman–Crippen MR) is 86.3 cm³/mol. The Bertz CT molecular complexity index is 72.6. The number of thioether (sulfide) groups is 1. The van der Waals surface area contributed by atoms with E-state index in [-0.39, 0.29) is 0 Å². The Morgan fingerprint density at radius 3 is 1.20 bits per heavy atom. The van der Waals surface area contributed by atoms with Crippen LogP contribution in [0.15, 0.2) is 37.3 Å². The van der Waals surface area contributed by atoms with Gasteiger partial charge in [-0.05, 0) is 17.4 Å². The van der Waals surface area contributed by atoms with Crippen LogP contribution in [0.5, 0.6) is 0 Å². The van der Waals surface area contributed by atoms with Crippen LogP contribution in [0.2, 0.25) is 0 Å². The third-order valence-electron chi connectivity index (χ3n) is 0.451. The lowest BCUT2D eigenvalue weighted by molar-refractivity contribution is 1.50. The molecule has 0 aliphatic heterocycles. The topological polar surface area (TPSA) is 0 Å². The highest BCUT2D eigenvalue weighted by Crippen LogP contribution is 1.94. The highest BCUT2D eigenvalue weighted by molar-refractivity contribution is 8.02. The summed E-state index contributed by atoms with van der Waals surface area (Å²) in [6.07, 6.45) is 4.97. The van der Waals surface area contributed by atoms with E-state index in [1.165, 1.54) is 0 Å². The fraction of sp³-hybridized carbons (Fsp3) is 0.538. The summed E-state index contributed by atoms with van der Waals surface area (Å²) in [5, 5.41) is 1.85. The van der Waals surface area contributed by atoms with Crippen molar-refractivity contribution in [1.29, 1.82) is 0 Å². The number of hydrogen-bond donors (Lipinski definition) is 1. The number of allylic oxidation sites excluding steroid dienone is 2. The minimum Gasteiger partial charge on any atom is -0.183 e. The molecule has 0 amide bonds. The maximum atomic E-state index is 3.53. The van der Waals surface area contributed by atoms with Crippen molar-refractivity contribution in [3.8, 4) is 0 Å². The molecule has 0 unspecified atom stereocenters. The molecule has 15 heavy (non-hydrogen) atoms. The molecule has 0 fully saturated rings. The van der Waals surface area contributed by atoms with Crippen LogP contribution in [0.4, 0.5) is 0 Å². The van der Waals surface area contributed by atoms with Crippen molar-refractivity contribution in [2.24, 2.45) is 0 Å². The first kappa shape index (κ1) is 29.4. The van der Waals surface area contributed by atoms with E-state index in [1.807, 2.05) is 33.1 Å². The maximum absolute atomic E-state index is 3.53. The van der Waals surface area contributed by atoms with E-state index in [9.17, 15) is 0 Å². The molecular weight excluding hydrogens is 220 g/mol. The van der Waals surface area contributed by atoms with Gasteiger partial charge in [-0.1, -0.05) is 66.5 Å². The van der Waals surface area contributed by atoms with Crippen LogP contribution >= 0.6 is 24.4 Å². The van der Waals surface area contributed by atoms with Crippen molar-refractivity contribution >= 4 is 24.4 Å². The molecule has 0 aromatic rings. The summed E-state index contributed by atoms with van der Waals surface area (Å²) < 4.78 is 0. The normalized spacial score (nSPS) is 5.00. The molecule has 0 bridgehead atoms. The molecule has 0 heterocycles. The first-order valence-corrected chi connectivity index (χ1v) is 7.18. The van der Waals surface area contributed by atoms with Gasteiger partial charge in [0.15, 0.2) is 0 Å². The molecular formula is C13H30S2. The summed E-state index contributed by atoms with van der Waals surface area (Å²) in [4.78, 5) is 0. The Morgan fingerprint density at radius 2 is 1.20 bits per heavy atom. The second kappa shape index (κ2) is 96.0. The summed E-state index contributed by atoms with van der Waals surface area (Å²) in [6, 6.07) is 0. The fourth-order valence-electron chi connectivity index (χ4n) is 0.118. The Kier molecular flexibility index (Phi) is 188. The second-order valence-corrected chi connectivity index (χ2v) is 2.34. The van der Waals surface area contributed by atoms with Crippen molar-refractivity contribution < 1.29 is 0 Å². The number of hydrogen-bond acceptors (Lipinski definition) is 2. The van der Waals surface area contributed by atoms with E-state index >= 15 is 0 Å². The van der Waals surface area contributed by atoms with Gasteiger partial charge in [-0.15, -0.1) is 11.8 Å². The monoisotopic (exact) mass is 250 g/mol. The highest BCUT2D eigenvalue weighted by Gasteiger charge is 1.60. The predicted octanol–water partition coefficient (Wildman–Crippen LogP) is 5.84. The molecule has 0 rings (SSSR count). The Hall–Kier alpha value is -0.0800. The van der Waals surface area contributed by atoms with Gasteiger partial charge in [0.2, 0.25) is 0 Å². The van der Waals surface area contributed by atoms with E-state index in [1.54, 1.807) is 30.2 Å². The summed E-state index contributed by atoms with van der Waals surface area (Å²) in [5.74, 6) is 1.14. The minimum absolute atomic E-state index is 1.14. The zero-order valence-corrected chi connectivity index (χ0v) is 13.1. The number of thiol groups is 1. The summed E-state index contributed by atoms with van der Waals surface area (Å²) in [5.41, 5.74) is 0. The number of rotatable bonds is 3. The van der Waals surface area contributed by atoms with E-state index in [0.29, 0.717) is 0 Å². The van der Waals surface area contributed by atoms with Gasteiger partial charge in [0.25, 0.3) is 0 Å². The largest absolute Gasteiger partial charge is 0.183 e. The fourth-order valence-corrected chi connectivity index (χ4v) is 0.354. The minimum atomic E-state index is 1.14. The molecule has 0 N–H and O–H groups in total. The van der Waals surface area contributed by atoms with E-state index in [4.69, 9.17) is 0 Å². The van der Waals surface area contributed by atoms with Gasteiger partial charge >= 0.3 is 0 Å². The van der Waals surface area contributed by atoms with Crippen molar-refractivity contribution in [3.63, 3.8) is 0 Å². The lowest BCUT2D eigenvalue weighted by Gasteiger charge is -1.73. The molecule has 94 valence electrons. The average Bonchev–Trinajstić information content (AvgIpc) is 2.38. The van der Waals surface area contributed by atoms with E-state index < -0.39 is 0 Å². The van der Waals surface area contributed by atoms with Gasteiger partial charge < -0.3 is 0 Å². The van der Waals surface area contributed by atoms with Crippen LogP contribution in [0.1, 0.15) is 34.6 Å². The molecule has 0 aliphatic carbocycles. The smallest absolute Gasteiger partial charge is 0.00547 e. The third-order valence-corrected chi connectivity index (χ3v) is 1.02. The standard InChI is InChI=1S/C4H8S.C4H6.2C2H6.CH4S/c1-3-5-4-2;1-3-4-2;3*1-2/h3H,1,4H2,2H3;3-4H,1-2H2;2*1-2H3;2H,1H3. The summed E-state index contributed by atoms with van der Waals surface area (Å²) in [7, 11) is 0. The van der Waals surface area contributed by atoms with E-state index in [2.05, 4.69) is 39.3 Å². The Morgan fingerprint density at radius 1 is 0.933 bits per heavy atom. The molecule has 0 saturated carbocycles. The lowest BCUT2D eigenvalue weighted by atomic mass is 10.6. The molecule has 0 spiro atoms. The lowest BCUT2D eigenvalue weighted by Crippen LogP contribution is -1.51. The molecule has 0 saturated heterocycles. The first-order valence-electron chi connectivity index (χ1n) is 5.24. The third kappa shape index (κ3) is 232. The van der Waals surface area contributed by atoms with Crippen LogP contribution in [0.25, 0.3) is 0 Å². The van der Waals surface area contributed by atoms with Crippen LogP contribution in [0, 0.1) is 0 Å². The van der Waals surface area contributed by atoms with Gasteiger partial charge in [-0.3, -0.25) is 0 Å². The molecule has 0 nitrogen and oxygen atoms in total. The molecule has 0 aromatic carbocycles. The van der Waals surface area contributed by atoms with Crippen LogP contribution in [0.3, 0.4) is 0 Å². The quantitative estimate of drug-likeness (QED) is 0.485. The van der Waals surface area contributed by atoms with Gasteiger partial charge in [-0.2, -0.15) is 12.6 Å². The van der Waals surface area contributed by atoms with E-state index in [0.717, 1.165) is 5.75 Å². The Labute approximate surface area is 108 Å². The van der Waals surface area contributed by atoms with Crippen molar-refractivity contribution in [2.45, 2.75) is 34.6 Å². The first-order chi connectivity index (χ1) is 7.33. The zero-order valence-electron chi connectivity index (χ0n) is 11.4. The molecule has 0 atom stereocenters. The van der Waals surface area contributed by atoms with Gasteiger partial charge in [-0.25, -0.2) is 0 Å². The Balaban J connectivity index is -0.0000000301. The maximum Gasteiger partial charge on any atom is -0.00547 e. The summed E-state index contributed by atoms with van der Waals surface area (Å²) >= 11 is 5.25. The molecule has 0 aliphatic rings. The van der Waals surface area contributed by atoms with Gasteiger partial charge in [0.05, 0.1) is 0 Å². The zero-order chi connectivity index (χ0) is 13.5. The van der Waals surface area contributed by atoms with Crippen LogP contribution in [-0.2, 0) is 0 Å². The van der Waals surface area contributed by atoms with Crippen LogP contribution < -0.4 is 0 Å². The second-order valence-electron chi connectivity index (χ2n) is 1.09. The average molecular weight is 251 g/mol. The highest BCUT2D eigenvalue weighted by atomic mass is 32.2. The SMILES string of the molecule is C=CC=C.C=CSCC.CC.CC.CS. The summed E-state index contributed by atoms with van der Waals surface area (Å²) in [6.45, 7) is 20.3. The molecule has 2 heteroatoms. The van der Waals surface area contributed by atoms with Crippen molar-refractivity contribution in [1.82, 2.24) is 0 Å². The van der Waals surface area contributed by atoms with Gasteiger partial charge in [0.1, 0.15) is 0 Å². The van der Waals surface area contributed by atoms with Gasteiger partial charge in [0, 0.05) is 0 Å². The van der Waals surface area contributed by atoms with Crippen LogP contribution in [-0.4, -0.2) is 12.0 Å². The van der Waals surface area contributed by atoms with Crippen molar-refractivity contribution in [3.05, 3.63) is 37.3 Å².